The van der Waals surface area contributed by atoms with Crippen LogP contribution in [0.15, 0.2) is 55.1 Å². The maximum Gasteiger partial charge on any atom is 0.410 e. The van der Waals surface area contributed by atoms with Crippen LogP contribution in [0, 0.1) is 0 Å². The van der Waals surface area contributed by atoms with Crippen molar-refractivity contribution in [3.05, 3.63) is 66.4 Å². The first kappa shape index (κ1) is 19.9. The average molecular weight is 407 g/mol. The predicted octanol–water partition coefficient (Wildman–Crippen LogP) is 3.16. The Morgan fingerprint density at radius 2 is 1.87 bits per heavy atom. The summed E-state index contributed by atoms with van der Waals surface area (Å²) in [6.07, 6.45) is 6.18. The van der Waals surface area contributed by atoms with E-state index < -0.39 is 5.60 Å². The van der Waals surface area contributed by atoms with E-state index in [9.17, 15) is 9.59 Å². The largest absolute Gasteiger partial charge is 0.444 e. The molecule has 0 N–H and O–H groups in total. The molecule has 3 aromatic rings. The number of nitrogens with zero attached hydrogens (tertiary/aromatic N) is 5. The van der Waals surface area contributed by atoms with Crippen LogP contribution in [0.3, 0.4) is 0 Å². The Labute approximate surface area is 175 Å². The summed E-state index contributed by atoms with van der Waals surface area (Å²) < 4.78 is 7.28. The predicted molar refractivity (Wildman–Crippen MR) is 111 cm³/mol. The van der Waals surface area contributed by atoms with E-state index in [2.05, 4.69) is 9.97 Å². The van der Waals surface area contributed by atoms with Crippen LogP contribution in [0.25, 0.3) is 5.65 Å². The Bertz CT molecular complexity index is 1060. The number of carbonyl (C=O) groups is 2. The number of hydrogen-bond donors (Lipinski definition) is 0. The maximum absolute atomic E-state index is 13.5. The zero-order valence-corrected chi connectivity index (χ0v) is 17.4. The number of carbonyl (C=O) groups excluding carboxylic acids is 2. The van der Waals surface area contributed by atoms with Crippen LogP contribution in [0.2, 0.25) is 0 Å². The van der Waals surface area contributed by atoms with Crippen molar-refractivity contribution >= 4 is 17.6 Å². The van der Waals surface area contributed by atoms with Crippen molar-refractivity contribution in [3.63, 3.8) is 0 Å². The number of rotatable bonds is 2. The number of piperazine rings is 1. The van der Waals surface area contributed by atoms with Crippen LogP contribution in [-0.2, 0) is 4.74 Å². The normalized spacial score (nSPS) is 17.2. The standard InChI is InChI=1S/C22H25N5O3/c1-22(2,3)30-21(29)25-11-12-27(18(15-25)16-7-5-4-6-8-16)20(28)17-13-24-19-14-23-9-10-26(17)19/h4-10,13-14,18H,11-12,15H2,1-3H3. The number of ether oxygens (including phenoxy) is 1. The molecular formula is C22H25N5O3. The summed E-state index contributed by atoms with van der Waals surface area (Å²) in [6, 6.07) is 9.47. The number of hydrogen-bond acceptors (Lipinski definition) is 5. The first-order valence-corrected chi connectivity index (χ1v) is 9.94. The minimum atomic E-state index is -0.573. The van der Waals surface area contributed by atoms with Gasteiger partial charge in [-0.1, -0.05) is 30.3 Å². The zero-order valence-electron chi connectivity index (χ0n) is 17.4. The van der Waals surface area contributed by atoms with E-state index in [1.54, 1.807) is 39.0 Å². The zero-order chi connectivity index (χ0) is 21.3. The van der Waals surface area contributed by atoms with Crippen LogP contribution >= 0.6 is 0 Å². The molecule has 0 spiro atoms. The van der Waals surface area contributed by atoms with Gasteiger partial charge >= 0.3 is 6.09 Å². The SMILES string of the molecule is CC(C)(C)OC(=O)N1CCN(C(=O)c2cnc3cnccn23)C(c2ccccc2)C1. The summed E-state index contributed by atoms with van der Waals surface area (Å²) in [4.78, 5) is 37.9. The highest BCUT2D eigenvalue weighted by Gasteiger charge is 2.36. The first-order chi connectivity index (χ1) is 14.3. The van der Waals surface area contributed by atoms with Crippen molar-refractivity contribution < 1.29 is 14.3 Å². The van der Waals surface area contributed by atoms with Crippen LogP contribution in [-0.4, -0.2) is 61.4 Å². The summed E-state index contributed by atoms with van der Waals surface area (Å²) in [5.41, 5.74) is 1.48. The molecule has 8 nitrogen and oxygen atoms in total. The van der Waals surface area contributed by atoms with E-state index in [0.29, 0.717) is 31.0 Å². The minimum absolute atomic E-state index is 0.133. The fraction of sp³-hybridized carbons (Fsp3) is 0.364. The summed E-state index contributed by atoms with van der Waals surface area (Å²) in [6.45, 7) is 6.71. The van der Waals surface area contributed by atoms with E-state index in [4.69, 9.17) is 4.74 Å². The molecule has 1 aliphatic heterocycles. The lowest BCUT2D eigenvalue weighted by molar-refractivity contribution is 0.00394. The fourth-order valence-electron chi connectivity index (χ4n) is 3.63. The van der Waals surface area contributed by atoms with Crippen LogP contribution in [0.1, 0.15) is 42.9 Å². The Morgan fingerprint density at radius 1 is 1.10 bits per heavy atom. The smallest absolute Gasteiger partial charge is 0.410 e. The molecule has 1 aromatic carbocycles. The molecule has 0 saturated carbocycles. The highest BCUT2D eigenvalue weighted by Crippen LogP contribution is 2.28. The van der Waals surface area contributed by atoms with E-state index in [0.717, 1.165) is 5.56 Å². The second-order valence-corrected chi connectivity index (χ2v) is 8.30. The number of fused-ring (bicyclic) bond motifs is 1. The topological polar surface area (TPSA) is 80.0 Å². The lowest BCUT2D eigenvalue weighted by atomic mass is 10.0. The highest BCUT2D eigenvalue weighted by atomic mass is 16.6. The number of benzene rings is 1. The molecule has 1 aliphatic rings. The highest BCUT2D eigenvalue weighted by molar-refractivity contribution is 5.93. The summed E-state index contributed by atoms with van der Waals surface area (Å²) in [7, 11) is 0. The second kappa shape index (κ2) is 7.78. The van der Waals surface area contributed by atoms with Gasteiger partial charge in [-0.2, -0.15) is 0 Å². The molecule has 0 bridgehead atoms. The molecular weight excluding hydrogens is 382 g/mol. The van der Waals surface area contributed by atoms with Crippen LogP contribution in [0.4, 0.5) is 4.79 Å². The molecule has 1 unspecified atom stereocenters. The maximum atomic E-state index is 13.5. The van der Waals surface area contributed by atoms with Crippen molar-refractivity contribution in [2.75, 3.05) is 19.6 Å². The molecule has 1 fully saturated rings. The third kappa shape index (κ3) is 3.98. The number of aromatic nitrogens is 3. The van der Waals surface area contributed by atoms with Gasteiger partial charge in [0.15, 0.2) is 5.65 Å². The Morgan fingerprint density at radius 3 is 2.60 bits per heavy atom. The molecule has 30 heavy (non-hydrogen) atoms. The Hall–Kier alpha value is -3.42. The molecule has 3 heterocycles. The number of imidazole rings is 1. The molecule has 4 rings (SSSR count). The second-order valence-electron chi connectivity index (χ2n) is 8.30. The average Bonchev–Trinajstić information content (AvgIpc) is 3.16. The Kier molecular flexibility index (Phi) is 5.15. The summed E-state index contributed by atoms with van der Waals surface area (Å²) in [5, 5.41) is 0. The van der Waals surface area contributed by atoms with Gasteiger partial charge in [-0.3, -0.25) is 14.2 Å². The molecule has 2 aromatic heterocycles. The van der Waals surface area contributed by atoms with Crippen LogP contribution in [0.5, 0.6) is 0 Å². The van der Waals surface area contributed by atoms with Crippen molar-refractivity contribution in [2.45, 2.75) is 32.4 Å². The van der Waals surface area contributed by atoms with Gasteiger partial charge in [-0.25, -0.2) is 9.78 Å². The van der Waals surface area contributed by atoms with Crippen molar-refractivity contribution in [1.29, 1.82) is 0 Å². The number of amides is 2. The van der Waals surface area contributed by atoms with Gasteiger partial charge in [0.1, 0.15) is 11.3 Å². The van der Waals surface area contributed by atoms with Gasteiger partial charge < -0.3 is 14.5 Å². The molecule has 2 amide bonds. The first-order valence-electron chi connectivity index (χ1n) is 9.94. The quantitative estimate of drug-likeness (QED) is 0.652. The van der Waals surface area contributed by atoms with E-state index in [1.807, 2.05) is 51.1 Å². The molecule has 1 atom stereocenters. The molecule has 8 heteroatoms. The van der Waals surface area contributed by atoms with Crippen LogP contribution < -0.4 is 0 Å². The molecule has 1 saturated heterocycles. The van der Waals surface area contributed by atoms with Crippen molar-refractivity contribution in [2.24, 2.45) is 0 Å². The third-order valence-corrected chi connectivity index (χ3v) is 5.01. The lowest BCUT2D eigenvalue weighted by Gasteiger charge is -2.41. The molecule has 0 radical (unpaired) electrons. The van der Waals surface area contributed by atoms with Gasteiger partial charge in [0.25, 0.3) is 5.91 Å². The van der Waals surface area contributed by atoms with Gasteiger partial charge in [0.05, 0.1) is 18.4 Å². The fourth-order valence-corrected chi connectivity index (χ4v) is 3.63. The van der Waals surface area contributed by atoms with Gasteiger partial charge in [0.2, 0.25) is 0 Å². The third-order valence-electron chi connectivity index (χ3n) is 5.01. The van der Waals surface area contributed by atoms with Crippen molar-refractivity contribution in [1.82, 2.24) is 24.2 Å². The van der Waals surface area contributed by atoms with Gasteiger partial charge in [-0.15, -0.1) is 0 Å². The Balaban J connectivity index is 1.64. The van der Waals surface area contributed by atoms with E-state index >= 15 is 0 Å². The van der Waals surface area contributed by atoms with Gasteiger partial charge in [-0.05, 0) is 26.3 Å². The molecule has 0 aliphatic carbocycles. The lowest BCUT2D eigenvalue weighted by Crippen LogP contribution is -2.53. The summed E-state index contributed by atoms with van der Waals surface area (Å²) >= 11 is 0. The molecule has 156 valence electrons. The minimum Gasteiger partial charge on any atom is -0.444 e. The van der Waals surface area contributed by atoms with E-state index in [-0.39, 0.29) is 18.0 Å². The monoisotopic (exact) mass is 407 g/mol. The van der Waals surface area contributed by atoms with Gasteiger partial charge in [0, 0.05) is 32.0 Å². The van der Waals surface area contributed by atoms with Crippen molar-refractivity contribution in [3.8, 4) is 0 Å². The summed E-state index contributed by atoms with van der Waals surface area (Å²) in [5.74, 6) is -0.133. The van der Waals surface area contributed by atoms with E-state index in [1.165, 1.54) is 0 Å².